The van der Waals surface area contributed by atoms with Crippen LogP contribution in [-0.2, 0) is 43.7 Å². The van der Waals surface area contributed by atoms with Gasteiger partial charge in [-0.3, -0.25) is 15.0 Å². The SMILES string of the molecule is CC(C)(C)c1cc(-c2nc(-c3[n-]nc4c3CCCC4(C)C)cc3ccncc23)[n-]n1.CC(C)(C)c1ccncc1.[Pt+2]. The summed E-state index contributed by atoms with van der Waals surface area (Å²) in [6, 6.07) is 10.2. The van der Waals surface area contributed by atoms with Crippen molar-refractivity contribution in [3.63, 3.8) is 0 Å². The second kappa shape index (κ2) is 11.6. The zero-order valence-electron chi connectivity index (χ0n) is 25.3. The van der Waals surface area contributed by atoms with Gasteiger partial charge >= 0.3 is 21.1 Å². The van der Waals surface area contributed by atoms with Crippen molar-refractivity contribution in [1.82, 2.24) is 35.3 Å². The van der Waals surface area contributed by atoms with E-state index in [2.05, 4.69) is 104 Å². The molecule has 0 N–H and O–H groups in total. The third kappa shape index (κ3) is 6.51. The summed E-state index contributed by atoms with van der Waals surface area (Å²) in [5, 5.41) is 20.1. The Morgan fingerprint density at radius 3 is 2.17 bits per heavy atom. The van der Waals surface area contributed by atoms with Crippen molar-refractivity contribution >= 4 is 10.8 Å². The van der Waals surface area contributed by atoms with E-state index in [1.54, 1.807) is 0 Å². The summed E-state index contributed by atoms with van der Waals surface area (Å²) >= 11 is 0. The number of aromatic nitrogens is 7. The molecule has 5 aromatic rings. The van der Waals surface area contributed by atoms with Crippen LogP contribution in [-0.4, -0.2) is 25.1 Å². The fraction of sp³-hybridized carbons (Fsp3) is 0.424. The number of hydrogen-bond acceptors (Lipinski definition) is 5. The Morgan fingerprint density at radius 2 is 1.54 bits per heavy atom. The summed E-state index contributed by atoms with van der Waals surface area (Å²) in [6.45, 7) is 17.5. The van der Waals surface area contributed by atoms with Crippen LogP contribution in [0.15, 0.2) is 55.1 Å². The summed E-state index contributed by atoms with van der Waals surface area (Å²) < 4.78 is 0. The third-order valence-electron chi connectivity index (χ3n) is 7.66. The molecule has 0 spiro atoms. The maximum absolute atomic E-state index is 5.02. The van der Waals surface area contributed by atoms with Crippen LogP contribution in [0.25, 0.3) is 33.5 Å². The Hall–Kier alpha value is -3.18. The van der Waals surface area contributed by atoms with E-state index in [0.29, 0.717) is 0 Å². The number of hydrogen-bond donors (Lipinski definition) is 0. The Kier molecular flexibility index (Phi) is 8.70. The van der Waals surface area contributed by atoms with E-state index in [1.165, 1.54) is 11.1 Å². The van der Waals surface area contributed by atoms with Crippen molar-refractivity contribution in [2.75, 3.05) is 0 Å². The Labute approximate surface area is 257 Å². The molecule has 8 heteroatoms. The van der Waals surface area contributed by atoms with E-state index in [0.717, 1.165) is 64.2 Å². The maximum atomic E-state index is 5.02. The molecular formula is C33H39N7Pt. The first-order valence-corrected chi connectivity index (χ1v) is 14.0. The van der Waals surface area contributed by atoms with Gasteiger partial charge < -0.3 is 20.4 Å². The van der Waals surface area contributed by atoms with E-state index in [4.69, 9.17) is 4.98 Å². The van der Waals surface area contributed by atoms with E-state index in [1.807, 2.05) is 36.9 Å². The molecule has 0 atom stereocenters. The van der Waals surface area contributed by atoms with Crippen LogP contribution in [0.5, 0.6) is 0 Å². The van der Waals surface area contributed by atoms with Gasteiger partial charge in [-0.1, -0.05) is 72.8 Å². The first-order chi connectivity index (χ1) is 18.8. The third-order valence-corrected chi connectivity index (χ3v) is 7.66. The van der Waals surface area contributed by atoms with Crippen LogP contribution >= 0.6 is 0 Å². The molecule has 0 saturated carbocycles. The molecule has 0 fully saturated rings. The molecular weight excluding hydrogens is 689 g/mol. The van der Waals surface area contributed by atoms with Gasteiger partial charge in [-0.25, -0.2) is 0 Å². The van der Waals surface area contributed by atoms with Gasteiger partial charge in [-0.05, 0) is 65.5 Å². The van der Waals surface area contributed by atoms with E-state index < -0.39 is 0 Å². The van der Waals surface area contributed by atoms with Gasteiger partial charge in [-0.2, -0.15) is 0 Å². The van der Waals surface area contributed by atoms with Gasteiger partial charge in [0, 0.05) is 52.4 Å². The fourth-order valence-electron chi connectivity index (χ4n) is 5.18. The van der Waals surface area contributed by atoms with Gasteiger partial charge in [0.05, 0.1) is 11.4 Å². The van der Waals surface area contributed by atoms with Crippen LogP contribution in [0, 0.1) is 0 Å². The average Bonchev–Trinajstić information content (AvgIpc) is 3.57. The van der Waals surface area contributed by atoms with Crippen molar-refractivity contribution in [2.45, 2.75) is 90.9 Å². The molecule has 1 aliphatic rings. The Bertz CT molecular complexity index is 1620. The first-order valence-electron chi connectivity index (χ1n) is 14.0. The normalized spacial score (nSPS) is 14.5. The summed E-state index contributed by atoms with van der Waals surface area (Å²) in [5.41, 5.74) is 8.19. The largest absolute Gasteiger partial charge is 2.00 e. The second-order valence-electron chi connectivity index (χ2n) is 13.4. The number of pyridine rings is 3. The zero-order chi connectivity index (χ0) is 28.7. The summed E-state index contributed by atoms with van der Waals surface area (Å²) in [5.74, 6) is 0. The molecule has 5 aromatic heterocycles. The minimum Gasteiger partial charge on any atom is -0.573 e. The van der Waals surface area contributed by atoms with Crippen molar-refractivity contribution < 1.29 is 21.1 Å². The first kappa shape index (κ1) is 30.8. The molecule has 0 saturated heterocycles. The van der Waals surface area contributed by atoms with E-state index >= 15 is 0 Å². The van der Waals surface area contributed by atoms with Gasteiger partial charge in [0.2, 0.25) is 0 Å². The van der Waals surface area contributed by atoms with Gasteiger partial charge in [0.15, 0.2) is 0 Å². The summed E-state index contributed by atoms with van der Waals surface area (Å²) in [4.78, 5) is 13.3. The quantitative estimate of drug-likeness (QED) is 0.194. The van der Waals surface area contributed by atoms with Crippen LogP contribution in [0.3, 0.4) is 0 Å². The molecule has 0 aromatic carbocycles. The maximum Gasteiger partial charge on any atom is 2.00 e. The topological polar surface area (TPSA) is 92.7 Å². The molecule has 6 rings (SSSR count). The van der Waals surface area contributed by atoms with E-state index in [-0.39, 0.29) is 37.3 Å². The van der Waals surface area contributed by atoms with E-state index in [9.17, 15) is 0 Å². The van der Waals surface area contributed by atoms with Crippen LogP contribution in [0.1, 0.15) is 90.7 Å². The van der Waals surface area contributed by atoms with Crippen molar-refractivity contribution in [2.24, 2.45) is 0 Å². The molecule has 41 heavy (non-hydrogen) atoms. The van der Waals surface area contributed by atoms with Crippen LogP contribution < -0.4 is 10.2 Å². The number of rotatable bonds is 2. The molecule has 5 heterocycles. The Balaban J connectivity index is 0.000000300. The predicted octanol–water partition coefficient (Wildman–Crippen LogP) is 6.96. The molecule has 7 nitrogen and oxygen atoms in total. The molecule has 0 aliphatic heterocycles. The van der Waals surface area contributed by atoms with Crippen molar-refractivity contribution in [3.8, 4) is 22.8 Å². The predicted molar refractivity (Wildman–Crippen MR) is 160 cm³/mol. The molecule has 0 radical (unpaired) electrons. The van der Waals surface area contributed by atoms with Crippen molar-refractivity contribution in [1.29, 1.82) is 0 Å². The fourth-order valence-corrected chi connectivity index (χ4v) is 5.18. The molecule has 216 valence electrons. The molecule has 0 amide bonds. The standard InChI is InChI=1S/C24H26N6.C9H13N.Pt/c1-23(2,3)19-12-18(27-28-19)20-16-13-25-10-8-14(16)11-17(26-20)21-15-7-6-9-24(4,5)22(15)30-29-21;1-9(2,3)8-4-6-10-7-5-8;/h8,10-13H,6-7,9H2,1-5H3;4-7H,1-3H3;/q-2;;+2. The average molecular weight is 729 g/mol. The monoisotopic (exact) mass is 728 g/mol. The second-order valence-corrected chi connectivity index (χ2v) is 13.4. The van der Waals surface area contributed by atoms with Crippen LogP contribution in [0.4, 0.5) is 0 Å². The number of fused-ring (bicyclic) bond motifs is 2. The minimum absolute atomic E-state index is 0. The minimum atomic E-state index is -0.0707. The van der Waals surface area contributed by atoms with Gasteiger partial charge in [0.1, 0.15) is 0 Å². The molecule has 0 bridgehead atoms. The van der Waals surface area contributed by atoms with Crippen LogP contribution in [0.2, 0.25) is 0 Å². The summed E-state index contributed by atoms with van der Waals surface area (Å²) in [6.07, 6.45) is 10.6. The van der Waals surface area contributed by atoms with Gasteiger partial charge in [-0.15, -0.1) is 0 Å². The number of nitrogens with zero attached hydrogens (tertiary/aromatic N) is 7. The van der Waals surface area contributed by atoms with Gasteiger partial charge in [0.25, 0.3) is 0 Å². The van der Waals surface area contributed by atoms with Crippen molar-refractivity contribution in [3.05, 3.63) is 77.6 Å². The molecule has 0 unspecified atom stereocenters. The smallest absolute Gasteiger partial charge is 0.573 e. The zero-order valence-corrected chi connectivity index (χ0v) is 27.5. The summed E-state index contributed by atoms with van der Waals surface area (Å²) in [7, 11) is 0. The Morgan fingerprint density at radius 1 is 0.829 bits per heavy atom. The molecule has 1 aliphatic carbocycles.